The minimum atomic E-state index is 0.470. The fraction of sp³-hybridized carbons (Fsp3) is 0.476. The number of likely N-dealkylation sites (tertiary alicyclic amines) is 1. The summed E-state index contributed by atoms with van der Waals surface area (Å²) in [7, 11) is 0. The number of nitrogens with one attached hydrogen (secondary N) is 1. The first-order valence-electron chi connectivity index (χ1n) is 9.82. The molecule has 0 spiro atoms. The molecule has 0 saturated carbocycles. The van der Waals surface area contributed by atoms with Crippen LogP contribution in [0.1, 0.15) is 36.6 Å². The van der Waals surface area contributed by atoms with E-state index >= 15 is 0 Å². The summed E-state index contributed by atoms with van der Waals surface area (Å²) in [4.78, 5) is 18.9. The molecular weight excluding hydrogens is 354 g/mol. The predicted molar refractivity (Wildman–Crippen MR) is 113 cm³/mol. The van der Waals surface area contributed by atoms with E-state index in [1.165, 1.54) is 28.8 Å². The Morgan fingerprint density at radius 1 is 1.22 bits per heavy atom. The topological polar surface area (TPSA) is 53.9 Å². The van der Waals surface area contributed by atoms with E-state index in [2.05, 4.69) is 36.0 Å². The molecule has 4 rings (SSSR count). The molecule has 0 bridgehead atoms. The normalized spacial score (nSPS) is 16.1. The third-order valence-corrected chi connectivity index (χ3v) is 6.52. The van der Waals surface area contributed by atoms with Crippen molar-refractivity contribution in [3.8, 4) is 11.4 Å². The van der Waals surface area contributed by atoms with Crippen LogP contribution in [-0.4, -0.2) is 45.5 Å². The van der Waals surface area contributed by atoms with Crippen LogP contribution < -0.4 is 5.32 Å². The molecule has 0 unspecified atom stereocenters. The van der Waals surface area contributed by atoms with Gasteiger partial charge in [0.1, 0.15) is 10.6 Å². The molecule has 3 aromatic rings. The van der Waals surface area contributed by atoms with Gasteiger partial charge in [-0.25, -0.2) is 9.97 Å². The lowest BCUT2D eigenvalue weighted by molar-refractivity contribution is 0.219. The van der Waals surface area contributed by atoms with Gasteiger partial charge in [-0.15, -0.1) is 11.3 Å². The molecule has 142 valence electrons. The van der Waals surface area contributed by atoms with E-state index in [1.54, 1.807) is 17.5 Å². The molecule has 0 radical (unpaired) electrons. The number of piperidine rings is 1. The van der Waals surface area contributed by atoms with Crippen LogP contribution in [0.25, 0.3) is 21.6 Å². The van der Waals surface area contributed by atoms with E-state index in [-0.39, 0.29) is 0 Å². The van der Waals surface area contributed by atoms with Crippen molar-refractivity contribution in [2.45, 2.75) is 46.1 Å². The number of rotatable bonds is 5. The number of pyridine rings is 1. The average Bonchev–Trinajstić information content (AvgIpc) is 2.98. The van der Waals surface area contributed by atoms with E-state index in [0.717, 1.165) is 48.0 Å². The minimum Gasteiger partial charge on any atom is -0.367 e. The van der Waals surface area contributed by atoms with Gasteiger partial charge in [-0.05, 0) is 57.4 Å². The van der Waals surface area contributed by atoms with Crippen LogP contribution in [0.2, 0.25) is 0 Å². The number of hydrogen-bond donors (Lipinski definition) is 1. The number of thiophene rings is 1. The molecule has 1 fully saturated rings. The first-order valence-corrected chi connectivity index (χ1v) is 10.6. The molecule has 1 aliphatic rings. The lowest BCUT2D eigenvalue weighted by Crippen LogP contribution is -2.39. The molecular formula is C21H27N5S. The zero-order valence-electron chi connectivity index (χ0n) is 16.3. The van der Waals surface area contributed by atoms with Crippen molar-refractivity contribution in [3.63, 3.8) is 0 Å². The number of anilines is 1. The summed E-state index contributed by atoms with van der Waals surface area (Å²) in [6, 6.07) is 4.43. The van der Waals surface area contributed by atoms with Crippen LogP contribution in [0.4, 0.5) is 5.82 Å². The Labute approximate surface area is 164 Å². The highest BCUT2D eigenvalue weighted by molar-refractivity contribution is 7.18. The van der Waals surface area contributed by atoms with Crippen molar-refractivity contribution in [1.29, 1.82) is 0 Å². The van der Waals surface area contributed by atoms with Crippen LogP contribution in [-0.2, 0) is 0 Å². The van der Waals surface area contributed by atoms with Crippen LogP contribution in [0.3, 0.4) is 0 Å². The number of fused-ring (bicyclic) bond motifs is 1. The second kappa shape index (κ2) is 7.90. The standard InChI is InChI=1S/C21H27N5S/c1-4-10-26-11-7-17(8-12-26)23-20-18-14(2)15(3)27-21(18)25-19(24-20)16-6-5-9-22-13-16/h5-6,9,13,17H,4,7-8,10-12H2,1-3H3,(H,23,24,25). The van der Waals surface area contributed by atoms with Gasteiger partial charge < -0.3 is 10.2 Å². The Bertz CT molecular complexity index is 913. The van der Waals surface area contributed by atoms with E-state index < -0.39 is 0 Å². The molecule has 0 atom stereocenters. The first kappa shape index (κ1) is 18.3. The predicted octanol–water partition coefficient (Wildman–Crippen LogP) is 4.66. The van der Waals surface area contributed by atoms with Crippen molar-refractivity contribution >= 4 is 27.4 Å². The molecule has 0 aromatic carbocycles. The maximum absolute atomic E-state index is 4.93. The molecule has 27 heavy (non-hydrogen) atoms. The zero-order valence-corrected chi connectivity index (χ0v) is 17.1. The van der Waals surface area contributed by atoms with Gasteiger partial charge in [-0.3, -0.25) is 4.98 Å². The molecule has 5 nitrogen and oxygen atoms in total. The first-order chi connectivity index (χ1) is 13.2. The number of nitrogens with zero attached hydrogens (tertiary/aromatic N) is 4. The highest BCUT2D eigenvalue weighted by Gasteiger charge is 2.22. The third-order valence-electron chi connectivity index (χ3n) is 5.42. The van der Waals surface area contributed by atoms with Crippen LogP contribution in [0, 0.1) is 13.8 Å². The van der Waals surface area contributed by atoms with Crippen molar-refractivity contribution in [1.82, 2.24) is 19.9 Å². The summed E-state index contributed by atoms with van der Waals surface area (Å²) in [5.74, 6) is 1.73. The van der Waals surface area contributed by atoms with Crippen molar-refractivity contribution in [3.05, 3.63) is 35.0 Å². The minimum absolute atomic E-state index is 0.470. The van der Waals surface area contributed by atoms with Gasteiger partial charge in [-0.1, -0.05) is 6.92 Å². The SMILES string of the molecule is CCCN1CCC(Nc2nc(-c3cccnc3)nc3sc(C)c(C)c23)CC1. The third kappa shape index (κ3) is 3.82. The second-order valence-corrected chi connectivity index (χ2v) is 8.56. The largest absolute Gasteiger partial charge is 0.367 e. The lowest BCUT2D eigenvalue weighted by atomic mass is 10.0. The van der Waals surface area contributed by atoms with Gasteiger partial charge >= 0.3 is 0 Å². The van der Waals surface area contributed by atoms with Crippen LogP contribution >= 0.6 is 11.3 Å². The molecule has 6 heteroatoms. The van der Waals surface area contributed by atoms with Gasteiger partial charge in [0, 0.05) is 42.0 Å². The van der Waals surface area contributed by atoms with Gasteiger partial charge in [-0.2, -0.15) is 0 Å². The van der Waals surface area contributed by atoms with E-state index in [4.69, 9.17) is 9.97 Å². The van der Waals surface area contributed by atoms with Crippen LogP contribution in [0.5, 0.6) is 0 Å². The fourth-order valence-corrected chi connectivity index (χ4v) is 4.82. The Morgan fingerprint density at radius 2 is 2.04 bits per heavy atom. The molecule has 1 N–H and O–H groups in total. The molecule has 3 aromatic heterocycles. The molecule has 0 amide bonds. The van der Waals surface area contributed by atoms with E-state index in [1.807, 2.05) is 18.3 Å². The summed E-state index contributed by atoms with van der Waals surface area (Å²) in [5.41, 5.74) is 2.25. The maximum Gasteiger partial charge on any atom is 0.164 e. The highest BCUT2D eigenvalue weighted by Crippen LogP contribution is 2.35. The smallest absolute Gasteiger partial charge is 0.164 e. The van der Waals surface area contributed by atoms with Crippen molar-refractivity contribution in [2.75, 3.05) is 25.0 Å². The summed E-state index contributed by atoms with van der Waals surface area (Å²) >= 11 is 1.75. The summed E-state index contributed by atoms with van der Waals surface area (Å²) in [6.45, 7) is 10.1. The summed E-state index contributed by atoms with van der Waals surface area (Å²) < 4.78 is 0. The zero-order chi connectivity index (χ0) is 18.8. The van der Waals surface area contributed by atoms with Gasteiger partial charge in [0.15, 0.2) is 5.82 Å². The second-order valence-electron chi connectivity index (χ2n) is 7.36. The van der Waals surface area contributed by atoms with Gasteiger partial charge in [0.05, 0.1) is 5.39 Å². The molecule has 1 aliphatic heterocycles. The Morgan fingerprint density at radius 3 is 2.74 bits per heavy atom. The Kier molecular flexibility index (Phi) is 5.36. The monoisotopic (exact) mass is 381 g/mol. The summed E-state index contributed by atoms with van der Waals surface area (Å²) in [5, 5.41) is 4.94. The maximum atomic E-state index is 4.93. The van der Waals surface area contributed by atoms with Crippen molar-refractivity contribution in [2.24, 2.45) is 0 Å². The number of aryl methyl sites for hydroxylation is 2. The lowest BCUT2D eigenvalue weighted by Gasteiger charge is -2.32. The Balaban J connectivity index is 1.66. The average molecular weight is 382 g/mol. The number of aromatic nitrogens is 3. The van der Waals surface area contributed by atoms with E-state index in [0.29, 0.717) is 6.04 Å². The van der Waals surface area contributed by atoms with Crippen molar-refractivity contribution < 1.29 is 0 Å². The summed E-state index contributed by atoms with van der Waals surface area (Å²) in [6.07, 6.45) is 7.17. The van der Waals surface area contributed by atoms with Gasteiger partial charge in [0.25, 0.3) is 0 Å². The number of hydrogen-bond acceptors (Lipinski definition) is 6. The fourth-order valence-electron chi connectivity index (χ4n) is 3.79. The van der Waals surface area contributed by atoms with Gasteiger partial charge in [0.2, 0.25) is 0 Å². The van der Waals surface area contributed by atoms with Crippen LogP contribution in [0.15, 0.2) is 24.5 Å². The molecule has 1 saturated heterocycles. The van der Waals surface area contributed by atoms with E-state index in [9.17, 15) is 0 Å². The molecule has 4 heterocycles. The molecule has 0 aliphatic carbocycles. The highest BCUT2D eigenvalue weighted by atomic mass is 32.1. The quantitative estimate of drug-likeness (QED) is 0.697. The Hall–Kier alpha value is -2.05.